The summed E-state index contributed by atoms with van der Waals surface area (Å²) < 4.78 is 16.6. The number of hydrogen-bond acceptors (Lipinski definition) is 9. The first-order valence-electron chi connectivity index (χ1n) is 15.1. The number of rotatable bonds is 14. The van der Waals surface area contributed by atoms with Crippen LogP contribution in [-0.4, -0.2) is 91.2 Å². The van der Waals surface area contributed by atoms with Crippen LogP contribution in [0.3, 0.4) is 0 Å². The third-order valence-electron chi connectivity index (χ3n) is 7.66. The number of thioether (sulfide) groups is 1. The smallest absolute Gasteiger partial charge is 0.410 e. The van der Waals surface area contributed by atoms with Gasteiger partial charge in [-0.3, -0.25) is 24.6 Å². The number of carbonyl (C=O) groups is 4. The van der Waals surface area contributed by atoms with Crippen molar-refractivity contribution in [3.05, 3.63) is 60.2 Å². The summed E-state index contributed by atoms with van der Waals surface area (Å²) in [4.78, 5) is 54.0. The summed E-state index contributed by atoms with van der Waals surface area (Å²) in [6.07, 6.45) is 3.23. The van der Waals surface area contributed by atoms with Gasteiger partial charge in [0.05, 0.1) is 24.9 Å². The number of carboxylic acid groups (broad SMARTS) is 1. The number of piperidine rings is 1. The second kappa shape index (κ2) is 17.0. The molecule has 2 aromatic carbocycles. The predicted molar refractivity (Wildman–Crippen MR) is 165 cm³/mol. The summed E-state index contributed by atoms with van der Waals surface area (Å²) in [6, 6.07) is 15.1. The Kier molecular flexibility index (Phi) is 12.9. The predicted octanol–water partition coefficient (Wildman–Crippen LogP) is 3.95. The maximum Gasteiger partial charge on any atom is 0.410 e. The first kappa shape index (κ1) is 33.3. The van der Waals surface area contributed by atoms with Gasteiger partial charge in [0.15, 0.2) is 0 Å². The average Bonchev–Trinajstić information content (AvgIpc) is 3.16. The van der Waals surface area contributed by atoms with E-state index in [1.807, 2.05) is 42.5 Å². The van der Waals surface area contributed by atoms with Gasteiger partial charge < -0.3 is 24.2 Å². The minimum atomic E-state index is -1.13. The molecule has 0 aromatic heterocycles. The number of para-hydroxylation sites is 1. The Labute approximate surface area is 262 Å². The fourth-order valence-electron chi connectivity index (χ4n) is 5.33. The number of ether oxygens (including phenoxy) is 3. The highest BCUT2D eigenvalue weighted by molar-refractivity contribution is 7.99. The van der Waals surface area contributed by atoms with Crippen LogP contribution in [0.15, 0.2) is 59.5 Å². The van der Waals surface area contributed by atoms with Gasteiger partial charge in [0.1, 0.15) is 19.2 Å². The van der Waals surface area contributed by atoms with E-state index in [1.165, 1.54) is 16.7 Å². The zero-order valence-corrected chi connectivity index (χ0v) is 25.8. The summed E-state index contributed by atoms with van der Waals surface area (Å²) in [6.45, 7) is 3.44. The Balaban J connectivity index is 1.21. The second-order valence-electron chi connectivity index (χ2n) is 10.8. The maximum atomic E-state index is 13.4. The number of aliphatic carboxylic acids is 1. The van der Waals surface area contributed by atoms with Crippen LogP contribution in [-0.2, 0) is 35.2 Å². The van der Waals surface area contributed by atoms with Crippen molar-refractivity contribution >= 4 is 41.4 Å². The van der Waals surface area contributed by atoms with Crippen molar-refractivity contribution in [1.29, 1.82) is 0 Å². The lowest BCUT2D eigenvalue weighted by Gasteiger charge is -2.31. The Morgan fingerprint density at radius 3 is 2.50 bits per heavy atom. The molecule has 0 bridgehead atoms. The van der Waals surface area contributed by atoms with Gasteiger partial charge in [-0.1, -0.05) is 42.5 Å². The van der Waals surface area contributed by atoms with Gasteiger partial charge >= 0.3 is 18.0 Å². The van der Waals surface area contributed by atoms with Gasteiger partial charge in [-0.15, -0.1) is 11.8 Å². The van der Waals surface area contributed by atoms with E-state index in [1.54, 1.807) is 24.0 Å². The molecule has 2 aromatic rings. The molecule has 0 aliphatic carbocycles. The van der Waals surface area contributed by atoms with Crippen LogP contribution in [0.4, 0.5) is 10.5 Å². The molecule has 2 atom stereocenters. The fourth-order valence-corrected chi connectivity index (χ4v) is 6.42. The molecule has 2 aliphatic heterocycles. The Morgan fingerprint density at radius 1 is 1.05 bits per heavy atom. The van der Waals surface area contributed by atoms with Gasteiger partial charge in [-0.25, -0.2) is 4.79 Å². The van der Waals surface area contributed by atoms with Gasteiger partial charge in [0, 0.05) is 30.3 Å². The third kappa shape index (κ3) is 9.70. The summed E-state index contributed by atoms with van der Waals surface area (Å²) in [5.74, 6) is -1.28. The largest absolute Gasteiger partial charge is 0.480 e. The number of hydrogen-bond donors (Lipinski definition) is 2. The molecule has 1 fully saturated rings. The van der Waals surface area contributed by atoms with Crippen LogP contribution in [0.1, 0.15) is 38.2 Å². The number of fused-ring (bicyclic) bond motifs is 1. The molecule has 2 N–H and O–H groups in total. The molecule has 44 heavy (non-hydrogen) atoms. The highest BCUT2D eigenvalue weighted by atomic mass is 32.2. The number of nitrogens with zero attached hydrogens (tertiary/aromatic N) is 2. The van der Waals surface area contributed by atoms with E-state index in [-0.39, 0.29) is 25.9 Å². The van der Waals surface area contributed by atoms with E-state index in [9.17, 15) is 24.3 Å². The zero-order chi connectivity index (χ0) is 31.3. The maximum absolute atomic E-state index is 13.4. The molecular formula is C32H41N3O8S. The minimum absolute atomic E-state index is 0.0187. The van der Waals surface area contributed by atoms with Crippen molar-refractivity contribution in [2.45, 2.75) is 56.2 Å². The van der Waals surface area contributed by atoms with Crippen molar-refractivity contribution in [3.63, 3.8) is 0 Å². The number of carboxylic acids is 1. The zero-order valence-electron chi connectivity index (χ0n) is 25.0. The summed E-state index contributed by atoms with van der Waals surface area (Å²) in [5, 5.41) is 12.5. The molecule has 238 valence electrons. The van der Waals surface area contributed by atoms with E-state index >= 15 is 0 Å². The van der Waals surface area contributed by atoms with Crippen molar-refractivity contribution < 1.29 is 38.5 Å². The standard InChI is InChI=1S/C32H41N3O8S/c1-2-42-31(39)25(33-26-22-44-28-13-7-6-12-27(28)35(30(26)38)19-29(36)37)21-41-18-8-11-23-14-16-34(17-15-23)32(40)43-20-24-9-4-3-5-10-24/h3-7,9-10,12-13,23,25-26,33H,2,8,11,14-22H2,1H3,(H,36,37)/t25-,26?/m1/s1. The molecule has 0 spiro atoms. The number of benzene rings is 2. The average molecular weight is 628 g/mol. The van der Waals surface area contributed by atoms with Crippen molar-refractivity contribution in [2.24, 2.45) is 5.92 Å². The van der Waals surface area contributed by atoms with E-state index in [2.05, 4.69) is 5.32 Å². The van der Waals surface area contributed by atoms with Gasteiger partial charge in [0.25, 0.3) is 0 Å². The lowest BCUT2D eigenvalue weighted by molar-refractivity contribution is -0.148. The molecular weight excluding hydrogens is 586 g/mol. The van der Waals surface area contributed by atoms with Gasteiger partial charge in [0.2, 0.25) is 5.91 Å². The number of amides is 2. The Bertz CT molecular complexity index is 1260. The van der Waals surface area contributed by atoms with E-state index in [0.717, 1.165) is 36.1 Å². The molecule has 1 unspecified atom stereocenters. The van der Waals surface area contributed by atoms with Crippen LogP contribution in [0, 0.1) is 5.92 Å². The van der Waals surface area contributed by atoms with Gasteiger partial charge in [-0.2, -0.15) is 0 Å². The van der Waals surface area contributed by atoms with Crippen molar-refractivity contribution in [2.75, 3.05) is 50.1 Å². The number of nitrogens with one attached hydrogen (secondary N) is 1. The summed E-state index contributed by atoms with van der Waals surface area (Å²) in [5.41, 5.74) is 1.50. The fraction of sp³-hybridized carbons (Fsp3) is 0.500. The molecule has 2 aliphatic rings. The molecule has 4 rings (SSSR count). The Hall–Kier alpha value is -3.61. The molecule has 2 heterocycles. The number of likely N-dealkylation sites (tertiary alicyclic amines) is 1. The first-order chi connectivity index (χ1) is 21.4. The monoisotopic (exact) mass is 627 g/mol. The van der Waals surface area contributed by atoms with Crippen LogP contribution in [0.25, 0.3) is 0 Å². The molecule has 0 radical (unpaired) electrons. The lowest BCUT2D eigenvalue weighted by atomic mass is 9.92. The number of anilines is 1. The SMILES string of the molecule is CCOC(=O)[C@@H](COCCCC1CCN(C(=O)OCc2ccccc2)CC1)NC1CSc2ccccc2N(CC(=O)O)C1=O. The molecule has 11 nitrogen and oxygen atoms in total. The van der Waals surface area contributed by atoms with Crippen molar-refractivity contribution in [3.8, 4) is 0 Å². The topological polar surface area (TPSA) is 135 Å². The highest BCUT2D eigenvalue weighted by Gasteiger charge is 2.35. The Morgan fingerprint density at radius 2 is 1.77 bits per heavy atom. The molecule has 2 amide bonds. The van der Waals surface area contributed by atoms with Crippen LogP contribution in [0.2, 0.25) is 0 Å². The summed E-state index contributed by atoms with van der Waals surface area (Å²) in [7, 11) is 0. The molecule has 12 heteroatoms. The van der Waals surface area contributed by atoms with E-state index < -0.39 is 36.5 Å². The van der Waals surface area contributed by atoms with E-state index in [4.69, 9.17) is 14.2 Å². The van der Waals surface area contributed by atoms with Crippen molar-refractivity contribution in [1.82, 2.24) is 10.2 Å². The normalized spacial score (nSPS) is 17.8. The molecule has 0 saturated carbocycles. The van der Waals surface area contributed by atoms with Gasteiger partial charge in [-0.05, 0) is 56.2 Å². The highest BCUT2D eigenvalue weighted by Crippen LogP contribution is 2.34. The van der Waals surface area contributed by atoms with Crippen LogP contribution in [0.5, 0.6) is 0 Å². The van der Waals surface area contributed by atoms with Crippen LogP contribution >= 0.6 is 11.8 Å². The third-order valence-corrected chi connectivity index (χ3v) is 8.81. The first-order valence-corrected chi connectivity index (χ1v) is 16.0. The number of carbonyl (C=O) groups excluding carboxylic acids is 3. The van der Waals surface area contributed by atoms with Crippen LogP contribution < -0.4 is 10.2 Å². The number of esters is 1. The molecule has 1 saturated heterocycles. The van der Waals surface area contributed by atoms with E-state index in [0.29, 0.717) is 37.1 Å². The lowest BCUT2D eigenvalue weighted by Crippen LogP contribution is -2.55. The quantitative estimate of drug-likeness (QED) is 0.234. The second-order valence-corrected chi connectivity index (χ2v) is 11.9. The summed E-state index contributed by atoms with van der Waals surface area (Å²) >= 11 is 1.43. The minimum Gasteiger partial charge on any atom is -0.480 e.